The van der Waals surface area contributed by atoms with Crippen molar-refractivity contribution in [3.63, 3.8) is 0 Å². The summed E-state index contributed by atoms with van der Waals surface area (Å²) in [5.41, 5.74) is 2.59. The minimum absolute atomic E-state index is 0. The van der Waals surface area contributed by atoms with Gasteiger partial charge in [-0.2, -0.15) is 0 Å². The number of benzene rings is 1. The average molecular weight is 174 g/mol. The third-order valence-corrected chi connectivity index (χ3v) is 2.05. The monoisotopic (exact) mass is 174 g/mol. The second-order valence-electron chi connectivity index (χ2n) is 3.47. The number of hydrogen-bond acceptors (Lipinski definition) is 0. The van der Waals surface area contributed by atoms with Crippen LogP contribution in [0.3, 0.4) is 0 Å². The maximum absolute atomic E-state index is 3.99. The fraction of sp³-hybridized carbons (Fsp3) is 0.333. The molecule has 1 aromatic rings. The molecule has 1 aromatic carbocycles. The molecule has 0 amide bonds. The van der Waals surface area contributed by atoms with Crippen molar-refractivity contribution in [1.82, 2.24) is 0 Å². The van der Waals surface area contributed by atoms with Gasteiger partial charge in [0.15, 0.2) is 0 Å². The van der Waals surface area contributed by atoms with E-state index in [0.29, 0.717) is 11.8 Å². The van der Waals surface area contributed by atoms with Gasteiger partial charge in [0, 0.05) is 0 Å². The summed E-state index contributed by atoms with van der Waals surface area (Å²) < 4.78 is 0. The van der Waals surface area contributed by atoms with Crippen LogP contribution >= 0.6 is 0 Å². The predicted molar refractivity (Wildman–Crippen MR) is 54.0 cm³/mol. The Kier molecular flexibility index (Phi) is 9.22. The molecule has 14 heavy (non-hydrogen) atoms. The van der Waals surface area contributed by atoms with E-state index in [1.165, 1.54) is 11.1 Å². The maximum Gasteiger partial charge on any atom is 1.00 e. The first kappa shape index (κ1) is 16.8. The molecule has 0 heterocycles. The normalized spacial score (nSPS) is 13.4. The zero-order valence-corrected chi connectivity index (χ0v) is 9.88. The van der Waals surface area contributed by atoms with E-state index in [1.54, 1.807) is 0 Å². The van der Waals surface area contributed by atoms with Crippen LogP contribution in [-0.4, -0.2) is 0 Å². The largest absolute Gasteiger partial charge is 1.00 e. The molecular weight excluding hydrogens is 158 g/mol. The first-order valence-electron chi connectivity index (χ1n) is 4.37. The van der Waals surface area contributed by atoms with Gasteiger partial charge in [-0.3, -0.25) is 0 Å². The third-order valence-electron chi connectivity index (χ3n) is 2.05. The van der Waals surface area contributed by atoms with E-state index in [4.69, 9.17) is 0 Å². The molecule has 0 bridgehead atoms. The number of rotatable bonds is 2. The summed E-state index contributed by atoms with van der Waals surface area (Å²) >= 11 is 0. The van der Waals surface area contributed by atoms with Gasteiger partial charge in [0.2, 0.25) is 0 Å². The molecule has 0 nitrogen and oxygen atoms in total. The summed E-state index contributed by atoms with van der Waals surface area (Å²) in [6.45, 7) is 12.2. The van der Waals surface area contributed by atoms with Crippen LogP contribution in [0.1, 0.15) is 36.8 Å². The smallest absolute Gasteiger partial charge is 0.336 e. The molecule has 0 saturated carbocycles. The number of hydrogen-bond donors (Lipinski definition) is 0. The Morgan fingerprint density at radius 1 is 0.929 bits per heavy atom. The molecule has 0 saturated heterocycles. The SMILES string of the molecule is [CH2-]C(C)c1cccc(C([CH2-])C)c1.[Li+].[Li+]. The minimum atomic E-state index is 0. The van der Waals surface area contributed by atoms with Crippen molar-refractivity contribution in [3.05, 3.63) is 49.2 Å². The van der Waals surface area contributed by atoms with Gasteiger partial charge < -0.3 is 13.8 Å². The summed E-state index contributed by atoms with van der Waals surface area (Å²) in [7, 11) is 0. The van der Waals surface area contributed by atoms with Crippen LogP contribution in [0.15, 0.2) is 24.3 Å². The average Bonchev–Trinajstić information content (AvgIpc) is 2.04. The van der Waals surface area contributed by atoms with Crippen LogP contribution in [0, 0.1) is 13.8 Å². The zero-order chi connectivity index (χ0) is 9.14. The molecule has 2 unspecified atom stereocenters. The Hall–Kier alpha value is 0.415. The van der Waals surface area contributed by atoms with Crippen LogP contribution in [0.25, 0.3) is 0 Å². The van der Waals surface area contributed by atoms with E-state index in [9.17, 15) is 0 Å². The van der Waals surface area contributed by atoms with Gasteiger partial charge in [0.25, 0.3) is 0 Å². The Morgan fingerprint density at radius 3 is 1.57 bits per heavy atom. The molecule has 0 aliphatic carbocycles. The van der Waals surface area contributed by atoms with Gasteiger partial charge in [-0.15, -0.1) is 11.8 Å². The molecular formula is C12H16Li2. The van der Waals surface area contributed by atoms with Gasteiger partial charge in [-0.05, 0) is 0 Å². The fourth-order valence-corrected chi connectivity index (χ4v) is 1.17. The van der Waals surface area contributed by atoms with Crippen molar-refractivity contribution >= 4 is 0 Å². The van der Waals surface area contributed by atoms with Crippen molar-refractivity contribution in [3.8, 4) is 0 Å². The van der Waals surface area contributed by atoms with Crippen LogP contribution in [0.4, 0.5) is 0 Å². The van der Waals surface area contributed by atoms with Gasteiger partial charge in [-0.25, -0.2) is 0 Å². The molecule has 2 heteroatoms. The van der Waals surface area contributed by atoms with E-state index in [-0.39, 0.29) is 37.7 Å². The minimum Gasteiger partial charge on any atom is -0.336 e. The third kappa shape index (κ3) is 4.77. The summed E-state index contributed by atoms with van der Waals surface area (Å²) in [4.78, 5) is 0. The molecule has 66 valence electrons. The van der Waals surface area contributed by atoms with Crippen molar-refractivity contribution in [2.75, 3.05) is 0 Å². The molecule has 0 fully saturated rings. The Bertz CT molecular complexity index is 231. The Balaban J connectivity index is 0. The van der Waals surface area contributed by atoms with E-state index in [0.717, 1.165) is 0 Å². The fourth-order valence-electron chi connectivity index (χ4n) is 1.17. The molecule has 0 N–H and O–H groups in total. The molecule has 0 radical (unpaired) electrons. The zero-order valence-electron chi connectivity index (χ0n) is 9.88. The van der Waals surface area contributed by atoms with Gasteiger partial charge in [0.1, 0.15) is 0 Å². The van der Waals surface area contributed by atoms with Crippen molar-refractivity contribution in [2.24, 2.45) is 0 Å². The van der Waals surface area contributed by atoms with Gasteiger partial charge in [-0.1, -0.05) is 49.2 Å². The van der Waals surface area contributed by atoms with E-state index >= 15 is 0 Å². The summed E-state index contributed by atoms with van der Waals surface area (Å²) in [5, 5.41) is 0. The van der Waals surface area contributed by atoms with E-state index < -0.39 is 0 Å². The van der Waals surface area contributed by atoms with E-state index in [1.807, 2.05) is 0 Å². The second-order valence-corrected chi connectivity index (χ2v) is 3.47. The maximum atomic E-state index is 3.99. The second kappa shape index (κ2) is 7.67. The van der Waals surface area contributed by atoms with Crippen LogP contribution < -0.4 is 37.7 Å². The molecule has 2 atom stereocenters. The molecule has 0 spiro atoms. The molecule has 1 rings (SSSR count). The first-order chi connectivity index (χ1) is 5.61. The molecule has 0 aromatic heterocycles. The predicted octanol–water partition coefficient (Wildman–Crippen LogP) is -2.43. The van der Waals surface area contributed by atoms with Crippen LogP contribution in [0.5, 0.6) is 0 Å². The standard InChI is InChI=1S/C12H16.2Li/c1-9(2)11-6-5-7-12(8-11)10(3)4;;/h5-10H,1,3H2,2,4H3;;/q-2;2*+1. The summed E-state index contributed by atoms with van der Waals surface area (Å²) in [6, 6.07) is 8.50. The summed E-state index contributed by atoms with van der Waals surface area (Å²) in [5.74, 6) is 0.729. The summed E-state index contributed by atoms with van der Waals surface area (Å²) in [6.07, 6.45) is 0. The quantitative estimate of drug-likeness (QED) is 0.345. The molecule has 0 aliphatic heterocycles. The van der Waals surface area contributed by atoms with E-state index in [2.05, 4.69) is 52.0 Å². The van der Waals surface area contributed by atoms with Crippen LogP contribution in [-0.2, 0) is 0 Å². The van der Waals surface area contributed by atoms with Crippen molar-refractivity contribution in [1.29, 1.82) is 0 Å². The van der Waals surface area contributed by atoms with Gasteiger partial charge >= 0.3 is 37.7 Å². The Morgan fingerprint density at radius 2 is 1.29 bits per heavy atom. The van der Waals surface area contributed by atoms with Crippen molar-refractivity contribution < 1.29 is 37.7 Å². The molecule has 0 aliphatic rings. The topological polar surface area (TPSA) is 0 Å². The van der Waals surface area contributed by atoms with Crippen LogP contribution in [0.2, 0.25) is 0 Å². The Labute approximate surface area is 112 Å². The van der Waals surface area contributed by atoms with Gasteiger partial charge in [0.05, 0.1) is 0 Å². The van der Waals surface area contributed by atoms with Crippen molar-refractivity contribution in [2.45, 2.75) is 25.7 Å². The first-order valence-corrected chi connectivity index (χ1v) is 4.37.